The van der Waals surface area contributed by atoms with Crippen LogP contribution in [0.25, 0.3) is 10.2 Å². The van der Waals surface area contributed by atoms with Crippen molar-refractivity contribution < 1.29 is 4.74 Å². The normalized spacial score (nSPS) is 10.9. The lowest BCUT2D eigenvalue weighted by Crippen LogP contribution is -1.99. The third-order valence-corrected chi connectivity index (χ3v) is 3.30. The van der Waals surface area contributed by atoms with Gasteiger partial charge in [0.05, 0.1) is 12.0 Å². The zero-order valence-electron chi connectivity index (χ0n) is 9.29. The molecule has 0 bridgehead atoms. The minimum Gasteiger partial charge on any atom is -0.477 e. The number of aryl methyl sites for hydroxylation is 1. The van der Waals surface area contributed by atoms with Crippen LogP contribution in [0.3, 0.4) is 0 Å². The lowest BCUT2D eigenvalue weighted by atomic mass is 10.3. The van der Waals surface area contributed by atoms with Crippen molar-refractivity contribution in [1.29, 1.82) is 0 Å². The molecule has 2 heterocycles. The predicted octanol–water partition coefficient (Wildman–Crippen LogP) is 3.83. The summed E-state index contributed by atoms with van der Waals surface area (Å²) in [6.07, 6.45) is 2.12. The molecule has 0 aliphatic heterocycles. The molecule has 86 valence electrons. The first-order chi connectivity index (χ1) is 7.70. The fourth-order valence-corrected chi connectivity index (χ4v) is 2.50. The number of unbranched alkanes of at least 4 members (excludes halogenated alkanes) is 1. The van der Waals surface area contributed by atoms with E-state index in [1.165, 1.54) is 4.88 Å². The van der Waals surface area contributed by atoms with E-state index < -0.39 is 0 Å². The van der Waals surface area contributed by atoms with Gasteiger partial charge in [0, 0.05) is 4.88 Å². The SMILES string of the molecule is CCCCOc1nc(Cl)nc2sc(C)cc12. The molecule has 0 amide bonds. The first-order valence-electron chi connectivity index (χ1n) is 5.27. The van der Waals surface area contributed by atoms with Crippen molar-refractivity contribution in [1.82, 2.24) is 9.97 Å². The van der Waals surface area contributed by atoms with E-state index in [-0.39, 0.29) is 5.28 Å². The van der Waals surface area contributed by atoms with Gasteiger partial charge in [0.25, 0.3) is 0 Å². The maximum absolute atomic E-state index is 5.85. The molecule has 0 aromatic carbocycles. The number of thiophene rings is 1. The summed E-state index contributed by atoms with van der Waals surface area (Å²) in [5, 5.41) is 1.21. The highest BCUT2D eigenvalue weighted by atomic mass is 35.5. The van der Waals surface area contributed by atoms with E-state index >= 15 is 0 Å². The van der Waals surface area contributed by atoms with Crippen LogP contribution in [0.1, 0.15) is 24.6 Å². The lowest BCUT2D eigenvalue weighted by Gasteiger charge is -2.05. The molecule has 0 atom stereocenters. The largest absolute Gasteiger partial charge is 0.477 e. The van der Waals surface area contributed by atoms with Crippen LogP contribution >= 0.6 is 22.9 Å². The van der Waals surface area contributed by atoms with Gasteiger partial charge in [-0.3, -0.25) is 0 Å². The Morgan fingerprint density at radius 3 is 3.00 bits per heavy atom. The first-order valence-corrected chi connectivity index (χ1v) is 6.46. The molecule has 0 aliphatic carbocycles. The summed E-state index contributed by atoms with van der Waals surface area (Å²) in [6.45, 7) is 4.84. The molecule has 2 aromatic rings. The monoisotopic (exact) mass is 256 g/mol. The van der Waals surface area contributed by atoms with Crippen molar-refractivity contribution in [2.24, 2.45) is 0 Å². The van der Waals surface area contributed by atoms with Crippen molar-refractivity contribution >= 4 is 33.2 Å². The second kappa shape index (κ2) is 4.97. The quantitative estimate of drug-likeness (QED) is 0.616. The first kappa shape index (κ1) is 11.6. The molecule has 2 aromatic heterocycles. The fraction of sp³-hybridized carbons (Fsp3) is 0.455. The van der Waals surface area contributed by atoms with Gasteiger partial charge in [0.1, 0.15) is 4.83 Å². The standard InChI is InChI=1S/C11H13ClN2OS/c1-3-4-5-15-9-8-6-7(2)16-10(8)14-11(12)13-9/h6H,3-5H2,1-2H3. The number of fused-ring (bicyclic) bond motifs is 1. The Morgan fingerprint density at radius 2 is 2.25 bits per heavy atom. The van der Waals surface area contributed by atoms with Gasteiger partial charge in [-0.05, 0) is 31.0 Å². The molecule has 0 aliphatic rings. The Kier molecular flexibility index (Phi) is 3.61. The Labute approximate surface area is 103 Å². The van der Waals surface area contributed by atoms with Crippen molar-refractivity contribution in [3.05, 3.63) is 16.2 Å². The van der Waals surface area contributed by atoms with Crippen LogP contribution in [0.2, 0.25) is 5.28 Å². The summed E-state index contributed by atoms with van der Waals surface area (Å²) in [4.78, 5) is 10.4. The van der Waals surface area contributed by atoms with Crippen LogP contribution in [-0.2, 0) is 0 Å². The van der Waals surface area contributed by atoms with Gasteiger partial charge in [-0.15, -0.1) is 11.3 Å². The zero-order valence-corrected chi connectivity index (χ0v) is 10.9. The number of rotatable bonds is 4. The highest BCUT2D eigenvalue weighted by Crippen LogP contribution is 2.30. The summed E-state index contributed by atoms with van der Waals surface area (Å²) in [5.41, 5.74) is 0. The van der Waals surface area contributed by atoms with E-state index in [2.05, 4.69) is 16.9 Å². The molecule has 0 saturated carbocycles. The highest BCUT2D eigenvalue weighted by molar-refractivity contribution is 7.18. The van der Waals surface area contributed by atoms with Crippen LogP contribution in [-0.4, -0.2) is 16.6 Å². The Morgan fingerprint density at radius 1 is 1.44 bits per heavy atom. The third-order valence-electron chi connectivity index (χ3n) is 2.19. The van der Waals surface area contributed by atoms with E-state index in [1.54, 1.807) is 11.3 Å². The van der Waals surface area contributed by atoms with Crippen LogP contribution in [0, 0.1) is 6.92 Å². The van der Waals surface area contributed by atoms with E-state index in [0.717, 1.165) is 23.1 Å². The maximum atomic E-state index is 5.85. The smallest absolute Gasteiger partial charge is 0.227 e. The van der Waals surface area contributed by atoms with E-state index in [9.17, 15) is 0 Å². The molecule has 2 rings (SSSR count). The average molecular weight is 257 g/mol. The van der Waals surface area contributed by atoms with Crippen molar-refractivity contribution in [3.8, 4) is 5.88 Å². The Hall–Kier alpha value is -0.870. The Balaban J connectivity index is 2.34. The highest BCUT2D eigenvalue weighted by Gasteiger charge is 2.10. The minimum absolute atomic E-state index is 0.251. The minimum atomic E-state index is 0.251. The summed E-state index contributed by atoms with van der Waals surface area (Å²) in [7, 11) is 0. The molecule has 3 nitrogen and oxygen atoms in total. The second-order valence-corrected chi connectivity index (χ2v) is 5.15. The van der Waals surface area contributed by atoms with Crippen LogP contribution in [0.5, 0.6) is 5.88 Å². The second-order valence-electron chi connectivity index (χ2n) is 3.58. The maximum Gasteiger partial charge on any atom is 0.227 e. The van der Waals surface area contributed by atoms with E-state index in [0.29, 0.717) is 12.5 Å². The summed E-state index contributed by atoms with van der Waals surface area (Å²) >= 11 is 7.45. The predicted molar refractivity (Wildman–Crippen MR) is 67.6 cm³/mol. The van der Waals surface area contributed by atoms with Gasteiger partial charge in [-0.1, -0.05) is 13.3 Å². The number of ether oxygens (including phenoxy) is 1. The molecule has 0 N–H and O–H groups in total. The molecule has 0 saturated heterocycles. The van der Waals surface area contributed by atoms with Gasteiger partial charge in [-0.25, -0.2) is 4.98 Å². The molecule has 0 spiro atoms. The number of nitrogens with zero attached hydrogens (tertiary/aromatic N) is 2. The average Bonchev–Trinajstić information content (AvgIpc) is 2.58. The van der Waals surface area contributed by atoms with Gasteiger partial charge in [0.15, 0.2) is 0 Å². The fourth-order valence-electron chi connectivity index (χ4n) is 1.41. The van der Waals surface area contributed by atoms with Crippen molar-refractivity contribution in [2.75, 3.05) is 6.61 Å². The van der Waals surface area contributed by atoms with Gasteiger partial charge < -0.3 is 4.74 Å². The molecule has 0 radical (unpaired) electrons. The number of halogens is 1. The number of hydrogen-bond donors (Lipinski definition) is 0. The van der Waals surface area contributed by atoms with Crippen molar-refractivity contribution in [2.45, 2.75) is 26.7 Å². The van der Waals surface area contributed by atoms with E-state index in [4.69, 9.17) is 16.3 Å². The molecule has 5 heteroatoms. The van der Waals surface area contributed by atoms with Crippen LogP contribution in [0.4, 0.5) is 0 Å². The van der Waals surface area contributed by atoms with Gasteiger partial charge in [-0.2, -0.15) is 4.98 Å². The summed E-state index contributed by atoms with van der Waals surface area (Å²) in [6, 6.07) is 2.04. The molecular weight excluding hydrogens is 244 g/mol. The summed E-state index contributed by atoms with van der Waals surface area (Å²) in [5.74, 6) is 0.604. The third kappa shape index (κ3) is 2.44. The van der Waals surface area contributed by atoms with E-state index in [1.807, 2.05) is 13.0 Å². The van der Waals surface area contributed by atoms with Gasteiger partial charge in [0.2, 0.25) is 11.2 Å². The molecular formula is C11H13ClN2OS. The Bertz CT molecular complexity index is 498. The number of hydrogen-bond acceptors (Lipinski definition) is 4. The van der Waals surface area contributed by atoms with Gasteiger partial charge >= 0.3 is 0 Å². The molecule has 0 unspecified atom stereocenters. The zero-order chi connectivity index (χ0) is 11.5. The number of aromatic nitrogens is 2. The van der Waals surface area contributed by atoms with Crippen LogP contribution < -0.4 is 4.74 Å². The topological polar surface area (TPSA) is 35.0 Å². The summed E-state index contributed by atoms with van der Waals surface area (Å²) < 4.78 is 5.62. The van der Waals surface area contributed by atoms with Crippen LogP contribution in [0.15, 0.2) is 6.07 Å². The lowest BCUT2D eigenvalue weighted by molar-refractivity contribution is 0.301. The molecule has 16 heavy (non-hydrogen) atoms. The van der Waals surface area contributed by atoms with Crippen molar-refractivity contribution in [3.63, 3.8) is 0 Å². The molecule has 0 fully saturated rings.